The van der Waals surface area contributed by atoms with Gasteiger partial charge in [0.15, 0.2) is 11.5 Å². The first-order chi connectivity index (χ1) is 21.7. The third-order valence-electron chi connectivity index (χ3n) is 6.82. The zero-order chi connectivity index (χ0) is 31.9. The number of hydrogen-bond acceptors (Lipinski definition) is 8. The van der Waals surface area contributed by atoms with Crippen molar-refractivity contribution in [1.29, 1.82) is 0 Å². The third-order valence-corrected chi connectivity index (χ3v) is 6.82. The maximum Gasteiger partial charge on any atom is 0.315 e. The molecule has 0 atom stereocenters. The van der Waals surface area contributed by atoms with Crippen LogP contribution in [0.2, 0.25) is 0 Å². The monoisotopic (exact) mass is 612 g/mol. The van der Waals surface area contributed by atoms with Crippen LogP contribution < -0.4 is 19.6 Å². The summed E-state index contributed by atoms with van der Waals surface area (Å²) in [5.74, 6) is -0.199. The summed E-state index contributed by atoms with van der Waals surface area (Å²) >= 11 is 0. The Morgan fingerprint density at radius 3 is 2.42 bits per heavy atom. The van der Waals surface area contributed by atoms with Crippen molar-refractivity contribution in [3.05, 3.63) is 135 Å². The predicted molar refractivity (Wildman–Crippen MR) is 164 cm³/mol. The number of nitrogens with zero attached hydrogens (tertiary/aromatic N) is 3. The maximum atomic E-state index is 14.0. The highest BCUT2D eigenvalue weighted by molar-refractivity contribution is 5.92. The lowest BCUT2D eigenvalue weighted by molar-refractivity contribution is -0.386. The average Bonchev–Trinajstić information content (AvgIpc) is 3.65. The molecule has 0 aliphatic carbocycles. The van der Waals surface area contributed by atoms with Crippen molar-refractivity contribution in [1.82, 2.24) is 9.99 Å². The fraction of sp³-hybridized carbons (Fsp3) is 0.152. The number of nitro groups is 1. The van der Waals surface area contributed by atoms with E-state index in [1.807, 2.05) is 38.1 Å². The Bertz CT molecular complexity index is 1840. The molecule has 0 fully saturated rings. The Labute approximate surface area is 257 Å². The summed E-state index contributed by atoms with van der Waals surface area (Å²) in [5, 5.41) is 15.7. The second-order valence-corrected chi connectivity index (χ2v) is 9.91. The summed E-state index contributed by atoms with van der Waals surface area (Å²) < 4.78 is 38.4. The number of nitro benzene ring substituents is 1. The van der Waals surface area contributed by atoms with E-state index in [1.165, 1.54) is 49.7 Å². The van der Waals surface area contributed by atoms with Crippen LogP contribution in [0.1, 0.15) is 38.8 Å². The van der Waals surface area contributed by atoms with E-state index in [1.54, 1.807) is 12.1 Å². The Hall–Kier alpha value is -5.91. The molecule has 11 nitrogen and oxygen atoms in total. The van der Waals surface area contributed by atoms with Gasteiger partial charge in [-0.25, -0.2) is 9.82 Å². The molecule has 1 amide bonds. The minimum atomic E-state index is -0.653. The van der Waals surface area contributed by atoms with Gasteiger partial charge in [0.2, 0.25) is 5.75 Å². The van der Waals surface area contributed by atoms with Gasteiger partial charge in [0, 0.05) is 34.3 Å². The highest BCUT2D eigenvalue weighted by Gasteiger charge is 2.23. The molecular formula is C33H29FN4O7. The number of carbonyl (C=O) groups is 1. The van der Waals surface area contributed by atoms with Gasteiger partial charge in [0.1, 0.15) is 30.5 Å². The van der Waals surface area contributed by atoms with Crippen molar-refractivity contribution >= 4 is 17.8 Å². The number of ether oxygens (including phenoxy) is 3. The molecule has 230 valence electrons. The number of halogens is 1. The molecule has 0 unspecified atom stereocenters. The number of rotatable bonds is 12. The second-order valence-electron chi connectivity index (χ2n) is 9.91. The zero-order valence-corrected chi connectivity index (χ0v) is 24.7. The van der Waals surface area contributed by atoms with Gasteiger partial charge in [-0.3, -0.25) is 14.9 Å². The van der Waals surface area contributed by atoms with E-state index in [-0.39, 0.29) is 41.6 Å². The molecule has 2 heterocycles. The Morgan fingerprint density at radius 1 is 1.00 bits per heavy atom. The number of methoxy groups -OCH3 is 1. The van der Waals surface area contributed by atoms with E-state index in [9.17, 15) is 19.3 Å². The zero-order valence-electron chi connectivity index (χ0n) is 24.7. The van der Waals surface area contributed by atoms with Gasteiger partial charge in [-0.05, 0) is 74.5 Å². The van der Waals surface area contributed by atoms with Crippen molar-refractivity contribution < 1.29 is 32.7 Å². The smallest absolute Gasteiger partial charge is 0.315 e. The lowest BCUT2D eigenvalue weighted by Gasteiger charge is -2.12. The fourth-order valence-electron chi connectivity index (χ4n) is 4.60. The van der Waals surface area contributed by atoms with Gasteiger partial charge in [-0.1, -0.05) is 18.2 Å². The van der Waals surface area contributed by atoms with Crippen molar-refractivity contribution in [2.45, 2.75) is 27.1 Å². The Kier molecular flexibility index (Phi) is 9.23. The van der Waals surface area contributed by atoms with Crippen molar-refractivity contribution in [3.8, 4) is 22.9 Å². The van der Waals surface area contributed by atoms with Crippen LogP contribution in [0.5, 0.6) is 17.2 Å². The molecule has 0 aliphatic heterocycles. The van der Waals surface area contributed by atoms with Crippen LogP contribution in [0, 0.1) is 29.8 Å². The van der Waals surface area contributed by atoms with Gasteiger partial charge in [0.25, 0.3) is 0 Å². The third kappa shape index (κ3) is 7.19. The van der Waals surface area contributed by atoms with Gasteiger partial charge in [0.05, 0.1) is 18.2 Å². The normalized spacial score (nSPS) is 11.0. The Morgan fingerprint density at radius 2 is 1.73 bits per heavy atom. The van der Waals surface area contributed by atoms with E-state index < -0.39 is 22.3 Å². The number of hydrazone groups is 1. The number of nitrogens with one attached hydrogen (secondary N) is 1. The predicted octanol–water partition coefficient (Wildman–Crippen LogP) is 6.66. The fourth-order valence-corrected chi connectivity index (χ4v) is 4.60. The van der Waals surface area contributed by atoms with E-state index in [4.69, 9.17) is 18.6 Å². The molecule has 3 aromatic carbocycles. The topological polar surface area (TPSA) is 130 Å². The minimum absolute atomic E-state index is 0.000101. The summed E-state index contributed by atoms with van der Waals surface area (Å²) in [6.07, 6.45) is 1.21. The highest BCUT2D eigenvalue weighted by Crippen LogP contribution is 2.38. The molecule has 0 spiro atoms. The number of aromatic nitrogens is 1. The maximum absolute atomic E-state index is 14.0. The van der Waals surface area contributed by atoms with Gasteiger partial charge < -0.3 is 23.2 Å². The first-order valence-corrected chi connectivity index (χ1v) is 13.8. The van der Waals surface area contributed by atoms with E-state index in [2.05, 4.69) is 27.2 Å². The molecule has 0 radical (unpaired) electrons. The number of benzene rings is 3. The molecule has 0 aliphatic rings. The number of furan rings is 1. The highest BCUT2D eigenvalue weighted by atomic mass is 19.1. The van der Waals surface area contributed by atoms with Gasteiger partial charge in [-0.2, -0.15) is 5.10 Å². The first-order valence-electron chi connectivity index (χ1n) is 13.8. The number of hydrogen-bond donors (Lipinski definition) is 1. The molecule has 0 saturated carbocycles. The summed E-state index contributed by atoms with van der Waals surface area (Å²) in [6, 6.07) is 23.5. The molecule has 45 heavy (non-hydrogen) atoms. The number of aryl methyl sites for hydroxylation is 2. The van der Waals surface area contributed by atoms with Crippen molar-refractivity contribution in [2.75, 3.05) is 7.11 Å². The lowest BCUT2D eigenvalue weighted by atomic mass is 10.1. The van der Waals surface area contributed by atoms with E-state index in [0.29, 0.717) is 11.5 Å². The Balaban J connectivity index is 1.19. The molecule has 5 aromatic rings. The van der Waals surface area contributed by atoms with Crippen LogP contribution in [0.3, 0.4) is 0 Å². The molecular weight excluding hydrogens is 583 g/mol. The molecule has 5 rings (SSSR count). The molecule has 1 N–H and O–H groups in total. The van der Waals surface area contributed by atoms with Crippen molar-refractivity contribution in [3.63, 3.8) is 0 Å². The van der Waals surface area contributed by atoms with Crippen LogP contribution in [0.15, 0.2) is 94.4 Å². The van der Waals surface area contributed by atoms with Gasteiger partial charge in [-0.15, -0.1) is 0 Å². The standard InChI is InChI=1S/C33H29FN4O7/c1-21-8-9-22(2)37(21)25-10-12-26(13-11-25)43-20-27-14-15-30(45-27)33(39)36-35-18-23-16-29(38(40)41)32(31(17-23)42-3)44-19-24-6-4-5-7-28(24)34/h4-18H,19-20H2,1-3H3,(H,36,39)/b35-18+. The van der Waals surface area contributed by atoms with Crippen LogP contribution >= 0.6 is 0 Å². The van der Waals surface area contributed by atoms with Crippen LogP contribution in [0.4, 0.5) is 10.1 Å². The molecule has 0 saturated heterocycles. The van der Waals surface area contributed by atoms with Crippen LogP contribution in [-0.2, 0) is 13.2 Å². The van der Waals surface area contributed by atoms with Crippen LogP contribution in [-0.4, -0.2) is 28.7 Å². The largest absolute Gasteiger partial charge is 0.493 e. The van der Waals surface area contributed by atoms with Gasteiger partial charge >= 0.3 is 11.6 Å². The molecule has 2 aromatic heterocycles. The number of carbonyl (C=O) groups excluding carboxylic acids is 1. The summed E-state index contributed by atoms with van der Waals surface area (Å²) in [4.78, 5) is 23.7. The summed E-state index contributed by atoms with van der Waals surface area (Å²) in [6.45, 7) is 3.94. The summed E-state index contributed by atoms with van der Waals surface area (Å²) in [5.41, 5.74) is 5.67. The first kappa shape index (κ1) is 30.5. The quantitative estimate of drug-likeness (QED) is 0.0947. The molecule has 12 heteroatoms. The van der Waals surface area contributed by atoms with Crippen LogP contribution in [0.25, 0.3) is 5.69 Å². The summed E-state index contributed by atoms with van der Waals surface area (Å²) in [7, 11) is 1.32. The number of amides is 1. The SMILES string of the molecule is COc1cc(/C=N/NC(=O)c2ccc(COc3ccc(-n4c(C)ccc4C)cc3)o2)cc([N+](=O)[O-])c1OCc1ccccc1F. The van der Waals surface area contributed by atoms with E-state index in [0.717, 1.165) is 17.1 Å². The lowest BCUT2D eigenvalue weighted by Crippen LogP contribution is -2.16. The van der Waals surface area contributed by atoms with E-state index >= 15 is 0 Å². The average molecular weight is 613 g/mol. The molecule has 0 bridgehead atoms. The second kappa shape index (κ2) is 13.6. The van der Waals surface area contributed by atoms with Crippen molar-refractivity contribution in [2.24, 2.45) is 5.10 Å². The minimum Gasteiger partial charge on any atom is -0.493 e.